The van der Waals surface area contributed by atoms with E-state index in [1.807, 2.05) is 0 Å². The van der Waals surface area contributed by atoms with Gasteiger partial charge in [-0.05, 0) is 98.6 Å². The van der Waals surface area contributed by atoms with Crippen LogP contribution in [0.3, 0.4) is 0 Å². The highest BCUT2D eigenvalue weighted by atomic mass is 32.3. The summed E-state index contributed by atoms with van der Waals surface area (Å²) in [5.41, 5.74) is 1.80. The first kappa shape index (κ1) is 32.2. The zero-order valence-electron chi connectivity index (χ0n) is 29.0. The van der Waals surface area contributed by atoms with Gasteiger partial charge in [-0.2, -0.15) is 0 Å². The van der Waals surface area contributed by atoms with Gasteiger partial charge in [0, 0.05) is 30.4 Å². The number of hydrogen-bond acceptors (Lipinski definition) is 1. The molecule has 3 heteroatoms. The van der Waals surface area contributed by atoms with Crippen molar-refractivity contribution < 1.29 is 4.42 Å². The molecule has 1 aromatic heterocycles. The number of furan rings is 1. The fourth-order valence-electron chi connectivity index (χ4n) is 8.27. The highest BCUT2D eigenvalue weighted by Gasteiger charge is 2.44. The van der Waals surface area contributed by atoms with E-state index in [1.165, 1.54) is 39.2 Å². The summed E-state index contributed by atoms with van der Waals surface area (Å²) in [5.74, 6) is 0. The molecular formula is C49H40OS2. The molecule has 0 unspecified atom stereocenters. The van der Waals surface area contributed by atoms with Crippen LogP contribution in [-0.4, -0.2) is 6.26 Å². The van der Waals surface area contributed by atoms with Crippen molar-refractivity contribution in [1.29, 1.82) is 0 Å². The van der Waals surface area contributed by atoms with Crippen LogP contribution in [0, 0.1) is 0 Å². The molecule has 0 aliphatic rings. The van der Waals surface area contributed by atoms with Crippen LogP contribution < -0.4 is 0 Å². The lowest BCUT2D eigenvalue weighted by molar-refractivity contribution is 0.668. The van der Waals surface area contributed by atoms with E-state index in [4.69, 9.17) is 4.42 Å². The molecule has 0 aliphatic carbocycles. The summed E-state index contributed by atoms with van der Waals surface area (Å²) < 4.78 is 6.68. The summed E-state index contributed by atoms with van der Waals surface area (Å²) in [5, 5.41) is 2.27. The van der Waals surface area contributed by atoms with Gasteiger partial charge in [0.15, 0.2) is 0 Å². The predicted octanol–water partition coefficient (Wildman–Crippen LogP) is 14.2. The van der Waals surface area contributed by atoms with Gasteiger partial charge >= 0.3 is 0 Å². The Labute approximate surface area is 307 Å². The molecule has 9 aromatic rings. The Morgan fingerprint density at radius 2 is 0.673 bits per heavy atom. The first-order valence-corrected chi connectivity index (χ1v) is 22.1. The maximum Gasteiger partial charge on any atom is 0.135 e. The highest BCUT2D eigenvalue weighted by molar-refractivity contribution is 8.49. The van der Waals surface area contributed by atoms with Crippen LogP contribution >= 0.6 is 19.2 Å². The summed E-state index contributed by atoms with van der Waals surface area (Å²) in [4.78, 5) is 10.5. The van der Waals surface area contributed by atoms with E-state index < -0.39 is 19.2 Å². The van der Waals surface area contributed by atoms with Gasteiger partial charge in [0.05, 0.1) is 0 Å². The molecule has 8 aromatic carbocycles. The van der Waals surface area contributed by atoms with Crippen LogP contribution in [0.4, 0.5) is 0 Å². The average Bonchev–Trinajstić information content (AvgIpc) is 3.61. The molecule has 0 radical (unpaired) electrons. The molecule has 1 nitrogen and oxygen atoms in total. The SMILES string of the molecule is C[SH](c1ccccc1)(c1ccccc1)(c1ccccc1)c1ccc2oc3ccc(S(c4ccccc4)(c4ccccc4)c4ccccc4)cc3c2c1. The summed E-state index contributed by atoms with van der Waals surface area (Å²) >= 11 is 0. The van der Waals surface area contributed by atoms with Crippen molar-refractivity contribution in [1.82, 2.24) is 0 Å². The molecular weight excluding hydrogens is 669 g/mol. The van der Waals surface area contributed by atoms with E-state index in [1.54, 1.807) is 0 Å². The van der Waals surface area contributed by atoms with Gasteiger partial charge < -0.3 is 4.42 Å². The fraction of sp³-hybridized carbons (Fsp3) is 0.0204. The lowest BCUT2D eigenvalue weighted by atomic mass is 10.1. The van der Waals surface area contributed by atoms with Crippen molar-refractivity contribution in [3.63, 3.8) is 0 Å². The van der Waals surface area contributed by atoms with Crippen molar-refractivity contribution in [2.45, 2.75) is 39.2 Å². The van der Waals surface area contributed by atoms with E-state index in [-0.39, 0.29) is 0 Å². The monoisotopic (exact) mass is 708 g/mol. The normalized spacial score (nSPS) is 13.1. The van der Waals surface area contributed by atoms with E-state index >= 15 is 0 Å². The highest BCUT2D eigenvalue weighted by Crippen LogP contribution is 2.87. The second-order valence-corrected chi connectivity index (χ2v) is 21.9. The minimum Gasteiger partial charge on any atom is -0.456 e. The zero-order chi connectivity index (χ0) is 35.0. The average molecular weight is 709 g/mol. The Bertz CT molecular complexity index is 2420. The summed E-state index contributed by atoms with van der Waals surface area (Å²) in [7, 11) is -5.12. The smallest absolute Gasteiger partial charge is 0.135 e. The van der Waals surface area contributed by atoms with Gasteiger partial charge in [0.1, 0.15) is 11.2 Å². The Morgan fingerprint density at radius 3 is 1.08 bits per heavy atom. The van der Waals surface area contributed by atoms with Crippen LogP contribution in [0.2, 0.25) is 0 Å². The number of hydrogen-bond donors (Lipinski definition) is 1. The van der Waals surface area contributed by atoms with Crippen molar-refractivity contribution >= 4 is 41.1 Å². The molecule has 9 rings (SSSR count). The maximum atomic E-state index is 6.68. The Hall–Kier alpha value is -5.74. The zero-order valence-corrected chi connectivity index (χ0v) is 30.8. The van der Waals surface area contributed by atoms with Crippen LogP contribution in [0.5, 0.6) is 0 Å². The van der Waals surface area contributed by atoms with Gasteiger partial charge in [-0.3, -0.25) is 0 Å². The Morgan fingerprint density at radius 1 is 0.327 bits per heavy atom. The minimum absolute atomic E-state index is 0.897. The molecule has 0 atom stereocenters. The molecule has 0 saturated heterocycles. The second-order valence-electron chi connectivity index (χ2n) is 13.6. The molecule has 0 N–H and O–H groups in total. The maximum absolute atomic E-state index is 6.68. The lowest BCUT2D eigenvalue weighted by Crippen LogP contribution is -2.19. The van der Waals surface area contributed by atoms with E-state index in [0.717, 1.165) is 21.9 Å². The lowest BCUT2D eigenvalue weighted by Gasteiger charge is -2.60. The van der Waals surface area contributed by atoms with Gasteiger partial charge in [0.2, 0.25) is 0 Å². The Kier molecular flexibility index (Phi) is 7.92. The third-order valence-electron chi connectivity index (χ3n) is 10.9. The molecule has 0 amide bonds. The van der Waals surface area contributed by atoms with Crippen molar-refractivity contribution in [2.75, 3.05) is 6.26 Å². The first-order chi connectivity index (χ1) is 25.6. The van der Waals surface area contributed by atoms with Crippen LogP contribution in [0.1, 0.15) is 0 Å². The fourth-order valence-corrected chi connectivity index (χ4v) is 17.6. The van der Waals surface area contributed by atoms with Gasteiger partial charge in [-0.25, -0.2) is 9.16 Å². The summed E-state index contributed by atoms with van der Waals surface area (Å²) in [6.07, 6.45) is 2.52. The molecule has 0 fully saturated rings. The molecule has 254 valence electrons. The van der Waals surface area contributed by atoms with Gasteiger partial charge in [0.25, 0.3) is 0 Å². The quantitative estimate of drug-likeness (QED) is 0.155. The second kappa shape index (κ2) is 12.8. The molecule has 1 heterocycles. The Balaban J connectivity index is 1.38. The van der Waals surface area contributed by atoms with Crippen LogP contribution in [0.15, 0.2) is 262 Å². The number of thiol groups is 1. The first-order valence-electron chi connectivity index (χ1n) is 17.8. The third-order valence-corrected chi connectivity index (χ3v) is 21.2. The van der Waals surface area contributed by atoms with E-state index in [2.05, 4.69) is 225 Å². The standard InChI is InChI=1S/C49H40OS2/c1-52(42-26-14-5-15-27-42,43-28-16-6-17-29-43,44-30-18-7-19-31-44)45-33-35-49-47(37-45)46-36-41(32-34-48(46)50-49)51(38-20-8-2-9-21-38,39-22-10-3-11-23-39)40-24-12-4-13-25-40/h2-37,52H,1H3. The summed E-state index contributed by atoms with van der Waals surface area (Å²) in [6, 6.07) is 80.4. The van der Waals surface area contributed by atoms with Crippen LogP contribution in [-0.2, 0) is 0 Å². The predicted molar refractivity (Wildman–Crippen MR) is 221 cm³/mol. The largest absolute Gasteiger partial charge is 0.456 e. The van der Waals surface area contributed by atoms with Crippen LogP contribution in [0.25, 0.3) is 21.9 Å². The minimum atomic E-state index is -3.26. The van der Waals surface area contributed by atoms with Crippen molar-refractivity contribution in [3.8, 4) is 0 Å². The van der Waals surface area contributed by atoms with Crippen molar-refractivity contribution in [2.24, 2.45) is 0 Å². The molecule has 0 saturated carbocycles. The number of benzene rings is 8. The molecule has 0 bridgehead atoms. The van der Waals surface area contributed by atoms with Gasteiger partial charge in [-0.1, -0.05) is 146 Å². The number of rotatable bonds is 8. The van der Waals surface area contributed by atoms with E-state index in [9.17, 15) is 0 Å². The number of fused-ring (bicyclic) bond motifs is 3. The van der Waals surface area contributed by atoms with Gasteiger partial charge in [-0.15, -0.1) is 10.0 Å². The molecule has 0 spiro atoms. The third kappa shape index (κ3) is 4.74. The molecule has 52 heavy (non-hydrogen) atoms. The van der Waals surface area contributed by atoms with E-state index in [0.29, 0.717) is 0 Å². The summed E-state index contributed by atoms with van der Waals surface area (Å²) in [6.45, 7) is 0. The van der Waals surface area contributed by atoms with Crippen molar-refractivity contribution in [3.05, 3.63) is 218 Å². The topological polar surface area (TPSA) is 13.1 Å². The molecule has 0 aliphatic heterocycles.